The molecule has 0 aliphatic carbocycles. The maximum Gasteiger partial charge on any atom is 0.320 e. The highest BCUT2D eigenvalue weighted by molar-refractivity contribution is 5.73. The molecule has 1 rings (SSSR count). The third kappa shape index (κ3) is 2.37. The summed E-state index contributed by atoms with van der Waals surface area (Å²) in [5.41, 5.74) is 5.86. The molecule has 0 spiro atoms. The van der Waals surface area contributed by atoms with Gasteiger partial charge in [0, 0.05) is 0 Å². The van der Waals surface area contributed by atoms with E-state index in [-0.39, 0.29) is 17.9 Å². The zero-order valence-electron chi connectivity index (χ0n) is 7.34. The van der Waals surface area contributed by atoms with E-state index < -0.39 is 12.0 Å². The zero-order chi connectivity index (χ0) is 10.7. The van der Waals surface area contributed by atoms with Gasteiger partial charge in [0.25, 0.3) is 0 Å². The fourth-order valence-corrected chi connectivity index (χ4v) is 1.04. The summed E-state index contributed by atoms with van der Waals surface area (Å²) in [5.74, 6) is -1.62. The van der Waals surface area contributed by atoms with Crippen molar-refractivity contribution in [2.45, 2.75) is 12.5 Å². The Bertz CT molecular complexity index is 351. The highest BCUT2D eigenvalue weighted by Gasteiger charge is 2.12. The summed E-state index contributed by atoms with van der Waals surface area (Å²) < 4.78 is 0. The summed E-state index contributed by atoms with van der Waals surface area (Å²) in [6.45, 7) is 0. The molecule has 5 heteroatoms. The van der Waals surface area contributed by atoms with Crippen LogP contribution in [-0.4, -0.2) is 27.3 Å². The number of rotatable bonds is 3. The van der Waals surface area contributed by atoms with Gasteiger partial charge in [-0.1, -0.05) is 6.07 Å². The third-order valence-corrected chi connectivity index (χ3v) is 1.81. The molecule has 0 saturated carbocycles. The quantitative estimate of drug-likeness (QED) is 0.515. The van der Waals surface area contributed by atoms with Crippen LogP contribution in [0.3, 0.4) is 0 Å². The number of carboxylic acids is 1. The van der Waals surface area contributed by atoms with Crippen molar-refractivity contribution in [1.82, 2.24) is 0 Å². The molecule has 0 radical (unpaired) electrons. The molecule has 5 nitrogen and oxygen atoms in total. The van der Waals surface area contributed by atoms with E-state index in [2.05, 4.69) is 0 Å². The molecule has 0 fully saturated rings. The van der Waals surface area contributed by atoms with Crippen LogP contribution in [0.25, 0.3) is 0 Å². The van der Waals surface area contributed by atoms with Crippen molar-refractivity contribution < 1.29 is 20.1 Å². The Labute approximate surface area is 80.4 Å². The first-order chi connectivity index (χ1) is 6.50. The Morgan fingerprint density at radius 2 is 2.00 bits per heavy atom. The molecule has 14 heavy (non-hydrogen) atoms. The summed E-state index contributed by atoms with van der Waals surface area (Å²) >= 11 is 0. The van der Waals surface area contributed by atoms with E-state index in [1.54, 1.807) is 0 Å². The number of carbonyl (C=O) groups is 1. The molecule has 0 aliphatic rings. The molecule has 0 amide bonds. The van der Waals surface area contributed by atoms with Gasteiger partial charge in [-0.3, -0.25) is 4.79 Å². The summed E-state index contributed by atoms with van der Waals surface area (Å²) in [6.07, 6.45) is 0.114. The van der Waals surface area contributed by atoms with Gasteiger partial charge in [-0.2, -0.15) is 0 Å². The van der Waals surface area contributed by atoms with Crippen molar-refractivity contribution in [1.29, 1.82) is 0 Å². The third-order valence-electron chi connectivity index (χ3n) is 1.81. The Morgan fingerprint density at radius 3 is 2.50 bits per heavy atom. The van der Waals surface area contributed by atoms with Gasteiger partial charge in [0.1, 0.15) is 6.04 Å². The zero-order valence-corrected chi connectivity index (χ0v) is 7.34. The van der Waals surface area contributed by atoms with Crippen molar-refractivity contribution in [3.63, 3.8) is 0 Å². The SMILES string of the molecule is NC(Cc1ccc(O)c(O)c1)[14C](=O)O. The minimum Gasteiger partial charge on any atom is -0.504 e. The maximum atomic E-state index is 10.4. The van der Waals surface area contributed by atoms with Crippen LogP contribution in [0.2, 0.25) is 0 Å². The number of aromatic hydroxyl groups is 2. The number of hydrogen-bond acceptors (Lipinski definition) is 4. The predicted molar refractivity (Wildman–Crippen MR) is 49.1 cm³/mol. The molecule has 76 valence electrons. The highest BCUT2D eigenvalue weighted by atomic mass is 16.6. The summed E-state index contributed by atoms with van der Waals surface area (Å²) in [4.78, 5) is 10.4. The van der Waals surface area contributed by atoms with Crippen LogP contribution in [-0.2, 0) is 11.2 Å². The Balaban J connectivity index is 2.78. The molecule has 1 unspecified atom stereocenters. The van der Waals surface area contributed by atoms with Crippen molar-refractivity contribution in [3.05, 3.63) is 23.8 Å². The smallest absolute Gasteiger partial charge is 0.320 e. The van der Waals surface area contributed by atoms with Gasteiger partial charge >= 0.3 is 5.97 Å². The first-order valence-electron chi connectivity index (χ1n) is 4.00. The highest BCUT2D eigenvalue weighted by Crippen LogP contribution is 2.25. The fourth-order valence-electron chi connectivity index (χ4n) is 1.04. The van der Waals surface area contributed by atoms with Gasteiger partial charge in [0.05, 0.1) is 0 Å². The number of nitrogens with two attached hydrogens (primary N) is 1. The summed E-state index contributed by atoms with van der Waals surface area (Å²) in [7, 11) is 0. The van der Waals surface area contributed by atoms with Crippen LogP contribution in [0.1, 0.15) is 5.56 Å². The largest absolute Gasteiger partial charge is 0.504 e. The number of phenolic OH excluding ortho intramolecular Hbond substituents is 2. The molecule has 1 aromatic carbocycles. The minimum atomic E-state index is -1.10. The van der Waals surface area contributed by atoms with Gasteiger partial charge in [0.15, 0.2) is 11.5 Å². The Kier molecular flexibility index (Phi) is 2.93. The number of phenols is 2. The number of benzene rings is 1. The molecule has 0 saturated heterocycles. The monoisotopic (exact) mass is 199 g/mol. The molecule has 5 N–H and O–H groups in total. The van der Waals surface area contributed by atoms with E-state index >= 15 is 0 Å². The van der Waals surface area contributed by atoms with Gasteiger partial charge in [-0.25, -0.2) is 0 Å². The average Bonchev–Trinajstić information content (AvgIpc) is 2.11. The fraction of sp³-hybridized carbons (Fsp3) is 0.222. The summed E-state index contributed by atoms with van der Waals surface area (Å²) in [5, 5.41) is 26.6. The van der Waals surface area contributed by atoms with Crippen molar-refractivity contribution in [3.8, 4) is 11.5 Å². The van der Waals surface area contributed by atoms with Gasteiger partial charge < -0.3 is 21.1 Å². The van der Waals surface area contributed by atoms with E-state index in [0.717, 1.165) is 0 Å². The lowest BCUT2D eigenvalue weighted by molar-refractivity contribution is -0.138. The molecule has 1 aromatic rings. The second-order valence-corrected chi connectivity index (χ2v) is 2.97. The normalized spacial score (nSPS) is 12.4. The molecular weight excluding hydrogens is 188 g/mol. The second-order valence-electron chi connectivity index (χ2n) is 2.97. The van der Waals surface area contributed by atoms with Crippen LogP contribution in [0.5, 0.6) is 11.5 Å². The predicted octanol–water partition coefficient (Wildman–Crippen LogP) is 0.0522. The van der Waals surface area contributed by atoms with E-state index in [1.165, 1.54) is 18.2 Å². The maximum absolute atomic E-state index is 10.4. The number of carboxylic acid groups (broad SMARTS) is 1. The van der Waals surface area contributed by atoms with Crippen LogP contribution < -0.4 is 5.73 Å². The second kappa shape index (κ2) is 3.97. The molecular formula is C9H11NO4. The van der Waals surface area contributed by atoms with Crippen molar-refractivity contribution in [2.24, 2.45) is 5.73 Å². The van der Waals surface area contributed by atoms with Crippen LogP contribution in [0.4, 0.5) is 0 Å². The van der Waals surface area contributed by atoms with Crippen molar-refractivity contribution >= 4 is 5.97 Å². The molecule has 0 heterocycles. The lowest BCUT2D eigenvalue weighted by atomic mass is 10.1. The topological polar surface area (TPSA) is 104 Å². The van der Waals surface area contributed by atoms with Crippen LogP contribution >= 0.6 is 0 Å². The van der Waals surface area contributed by atoms with E-state index in [0.29, 0.717) is 5.56 Å². The number of hydrogen-bond donors (Lipinski definition) is 4. The lowest BCUT2D eigenvalue weighted by Gasteiger charge is -2.06. The number of aliphatic carboxylic acids is 1. The average molecular weight is 199 g/mol. The van der Waals surface area contributed by atoms with Crippen LogP contribution in [0.15, 0.2) is 18.2 Å². The Morgan fingerprint density at radius 1 is 1.36 bits per heavy atom. The first kappa shape index (κ1) is 10.3. The van der Waals surface area contributed by atoms with E-state index in [1.807, 2.05) is 0 Å². The van der Waals surface area contributed by atoms with Gasteiger partial charge in [0.2, 0.25) is 0 Å². The van der Waals surface area contributed by atoms with Gasteiger partial charge in [-0.15, -0.1) is 0 Å². The van der Waals surface area contributed by atoms with Gasteiger partial charge in [-0.05, 0) is 24.1 Å². The molecule has 0 bridgehead atoms. The van der Waals surface area contributed by atoms with E-state index in [4.69, 9.17) is 21.1 Å². The standard InChI is InChI=1S/C9H11NO4/c10-6(9(13)14)3-5-1-2-7(11)8(12)4-5/h1-2,4,6,11-12H,3,10H2,(H,13,14)/i9+2. The van der Waals surface area contributed by atoms with Crippen molar-refractivity contribution in [2.75, 3.05) is 0 Å². The lowest BCUT2D eigenvalue weighted by Crippen LogP contribution is -2.32. The first-order valence-corrected chi connectivity index (χ1v) is 4.00. The Hall–Kier alpha value is -1.75. The van der Waals surface area contributed by atoms with Crippen LogP contribution in [0, 0.1) is 0 Å². The summed E-state index contributed by atoms with van der Waals surface area (Å²) in [6, 6.07) is 3.09. The van der Waals surface area contributed by atoms with E-state index in [9.17, 15) is 4.79 Å². The molecule has 0 aromatic heterocycles. The molecule has 1 atom stereocenters. The minimum absolute atomic E-state index is 0.114. The molecule has 0 aliphatic heterocycles.